The SMILES string of the molecule is CNN(C)c1c(F)cc(-c2cc(N)cc(C(=O)O)c2)n(CC(=O)NCc2ccc(C(=N)N)cc2)c1=O. The number of carboxylic acids is 1. The number of anilines is 2. The fraction of sp³-hybridized carbons (Fsp3) is 0.167. The fourth-order valence-electron chi connectivity index (χ4n) is 3.54. The van der Waals surface area contributed by atoms with Gasteiger partial charge in [-0.3, -0.25) is 19.6 Å². The van der Waals surface area contributed by atoms with Crippen LogP contribution in [-0.4, -0.2) is 41.5 Å². The lowest BCUT2D eigenvalue weighted by atomic mass is 10.0. The lowest BCUT2D eigenvalue weighted by Crippen LogP contribution is -2.40. The predicted octanol–water partition coefficient (Wildman–Crippen LogP) is 1.11. The third kappa shape index (κ3) is 5.67. The van der Waals surface area contributed by atoms with Crippen molar-refractivity contribution in [3.8, 4) is 11.3 Å². The maximum Gasteiger partial charge on any atom is 0.335 e. The van der Waals surface area contributed by atoms with Crippen LogP contribution >= 0.6 is 0 Å². The summed E-state index contributed by atoms with van der Waals surface area (Å²) in [6.45, 7) is -0.339. The predicted molar refractivity (Wildman–Crippen MR) is 134 cm³/mol. The molecule has 11 nitrogen and oxygen atoms in total. The normalized spacial score (nSPS) is 10.6. The van der Waals surface area contributed by atoms with E-state index in [0.717, 1.165) is 16.2 Å². The molecule has 0 aliphatic carbocycles. The molecule has 188 valence electrons. The van der Waals surface area contributed by atoms with Crippen molar-refractivity contribution in [3.63, 3.8) is 0 Å². The topological polar surface area (TPSA) is 180 Å². The Labute approximate surface area is 205 Å². The Kier molecular flexibility index (Phi) is 7.70. The van der Waals surface area contributed by atoms with Gasteiger partial charge in [0.05, 0.1) is 11.3 Å². The third-order valence-corrected chi connectivity index (χ3v) is 5.45. The molecule has 0 saturated carbocycles. The molecular weight excluding hydrogens is 469 g/mol. The fourth-order valence-corrected chi connectivity index (χ4v) is 3.54. The summed E-state index contributed by atoms with van der Waals surface area (Å²) in [5, 5.41) is 20.7. The minimum atomic E-state index is -1.25. The molecule has 0 atom stereocenters. The van der Waals surface area contributed by atoms with Crippen molar-refractivity contribution in [2.24, 2.45) is 5.73 Å². The second-order valence-electron chi connectivity index (χ2n) is 7.94. The number of nitrogens with zero attached hydrogens (tertiary/aromatic N) is 2. The molecule has 0 radical (unpaired) electrons. The number of nitrogens with two attached hydrogens (primary N) is 2. The number of carbonyl (C=O) groups excluding carboxylic acids is 1. The van der Waals surface area contributed by atoms with Gasteiger partial charge >= 0.3 is 5.97 Å². The summed E-state index contributed by atoms with van der Waals surface area (Å²) >= 11 is 0. The molecule has 1 heterocycles. The maximum atomic E-state index is 15.0. The molecule has 0 saturated heterocycles. The number of nitrogen functional groups attached to an aromatic ring is 2. The van der Waals surface area contributed by atoms with Gasteiger partial charge in [-0.05, 0) is 23.8 Å². The summed E-state index contributed by atoms with van der Waals surface area (Å²) in [5.41, 5.74) is 14.2. The summed E-state index contributed by atoms with van der Waals surface area (Å²) < 4.78 is 16.1. The number of pyridine rings is 1. The van der Waals surface area contributed by atoms with Crippen molar-refractivity contribution in [1.29, 1.82) is 5.41 Å². The van der Waals surface area contributed by atoms with Crippen molar-refractivity contribution in [2.75, 3.05) is 24.8 Å². The smallest absolute Gasteiger partial charge is 0.335 e. The standard InChI is InChI=1S/C24H26FN7O4/c1-29-31(2)21-18(25)10-19(15-7-16(24(35)36)9-17(26)8-15)32(23(21)34)12-20(33)30-11-13-3-5-14(6-4-13)22(27)28/h3-10,29H,11-12,26H2,1-2H3,(H3,27,28)(H,30,33)(H,35,36). The summed E-state index contributed by atoms with van der Waals surface area (Å²) in [4.78, 5) is 37.6. The van der Waals surface area contributed by atoms with Crippen LogP contribution in [0.5, 0.6) is 0 Å². The third-order valence-electron chi connectivity index (χ3n) is 5.45. The van der Waals surface area contributed by atoms with E-state index in [1.165, 1.54) is 37.3 Å². The number of aromatic nitrogens is 1. The number of amidine groups is 1. The van der Waals surface area contributed by atoms with Crippen molar-refractivity contribution >= 4 is 29.1 Å². The summed E-state index contributed by atoms with van der Waals surface area (Å²) in [6.07, 6.45) is 0. The van der Waals surface area contributed by atoms with Crippen molar-refractivity contribution in [2.45, 2.75) is 13.1 Å². The average Bonchev–Trinajstić information content (AvgIpc) is 2.83. The lowest BCUT2D eigenvalue weighted by molar-refractivity contribution is -0.121. The van der Waals surface area contributed by atoms with Gasteiger partial charge in [-0.25, -0.2) is 14.6 Å². The van der Waals surface area contributed by atoms with Gasteiger partial charge < -0.3 is 26.9 Å². The van der Waals surface area contributed by atoms with Crippen molar-refractivity contribution < 1.29 is 19.1 Å². The lowest BCUT2D eigenvalue weighted by Gasteiger charge is -2.21. The molecule has 2 aromatic carbocycles. The molecule has 1 amide bonds. The Balaban J connectivity index is 1.99. The molecule has 36 heavy (non-hydrogen) atoms. The second-order valence-corrected chi connectivity index (χ2v) is 7.94. The van der Waals surface area contributed by atoms with Crippen LogP contribution in [0.25, 0.3) is 11.3 Å². The quantitative estimate of drug-likeness (QED) is 0.110. The highest BCUT2D eigenvalue weighted by Gasteiger charge is 2.21. The molecule has 8 N–H and O–H groups in total. The van der Waals surface area contributed by atoms with E-state index < -0.39 is 29.8 Å². The first kappa shape index (κ1) is 25.9. The van der Waals surface area contributed by atoms with Gasteiger partial charge in [-0.15, -0.1) is 0 Å². The number of rotatable bonds is 9. The van der Waals surface area contributed by atoms with Crippen LogP contribution < -0.4 is 32.8 Å². The average molecular weight is 496 g/mol. The first-order chi connectivity index (χ1) is 17.0. The number of hydrazine groups is 1. The number of amides is 1. The first-order valence-electron chi connectivity index (χ1n) is 10.7. The number of hydrogen-bond donors (Lipinski definition) is 6. The molecule has 0 aliphatic rings. The van der Waals surface area contributed by atoms with E-state index in [4.69, 9.17) is 16.9 Å². The van der Waals surface area contributed by atoms with E-state index in [0.29, 0.717) is 5.56 Å². The van der Waals surface area contributed by atoms with E-state index >= 15 is 4.39 Å². The van der Waals surface area contributed by atoms with E-state index in [1.54, 1.807) is 24.3 Å². The van der Waals surface area contributed by atoms with Gasteiger partial charge in [0.25, 0.3) is 5.56 Å². The van der Waals surface area contributed by atoms with Gasteiger partial charge in [-0.1, -0.05) is 24.3 Å². The number of benzene rings is 2. The van der Waals surface area contributed by atoms with Gasteiger partial charge in [0, 0.05) is 43.5 Å². The Bertz CT molecular complexity index is 1390. The molecule has 0 aliphatic heterocycles. The zero-order valence-corrected chi connectivity index (χ0v) is 19.6. The number of carboxylic acid groups (broad SMARTS) is 1. The van der Waals surface area contributed by atoms with Crippen LogP contribution in [0, 0.1) is 11.2 Å². The maximum absolute atomic E-state index is 15.0. The van der Waals surface area contributed by atoms with Gasteiger partial charge in [0.1, 0.15) is 12.4 Å². The van der Waals surface area contributed by atoms with E-state index in [2.05, 4.69) is 10.7 Å². The molecule has 0 unspecified atom stereocenters. The van der Waals surface area contributed by atoms with E-state index in [1.807, 2.05) is 0 Å². The van der Waals surface area contributed by atoms with Gasteiger partial charge in [0.2, 0.25) is 5.91 Å². The summed E-state index contributed by atoms with van der Waals surface area (Å²) in [7, 11) is 2.94. The number of aromatic carboxylic acids is 1. The molecule has 0 fully saturated rings. The van der Waals surface area contributed by atoms with Crippen LogP contribution in [0.2, 0.25) is 0 Å². The Morgan fingerprint density at radius 2 is 1.81 bits per heavy atom. The zero-order valence-electron chi connectivity index (χ0n) is 19.6. The molecule has 3 aromatic rings. The molecule has 12 heteroatoms. The van der Waals surface area contributed by atoms with Crippen LogP contribution in [0.1, 0.15) is 21.5 Å². The van der Waals surface area contributed by atoms with Crippen molar-refractivity contribution in [1.82, 2.24) is 15.3 Å². The minimum absolute atomic E-state index is 0.0125. The van der Waals surface area contributed by atoms with Crippen LogP contribution in [0.15, 0.2) is 53.3 Å². The number of nitrogens with one attached hydrogen (secondary N) is 3. The van der Waals surface area contributed by atoms with Crippen LogP contribution in [-0.2, 0) is 17.9 Å². The van der Waals surface area contributed by atoms with E-state index in [-0.39, 0.29) is 40.6 Å². The highest BCUT2D eigenvalue weighted by molar-refractivity contribution is 5.95. The molecule has 1 aromatic heterocycles. The number of halogens is 1. The molecule has 0 spiro atoms. The Morgan fingerprint density at radius 3 is 2.39 bits per heavy atom. The Hall–Kier alpha value is -4.71. The largest absolute Gasteiger partial charge is 0.478 e. The molecule has 3 rings (SSSR count). The second kappa shape index (κ2) is 10.7. The number of hydrogen-bond acceptors (Lipinski definition) is 7. The first-order valence-corrected chi connectivity index (χ1v) is 10.7. The summed E-state index contributed by atoms with van der Waals surface area (Å²) in [6, 6.07) is 11.6. The van der Waals surface area contributed by atoms with Gasteiger partial charge in [0.15, 0.2) is 11.5 Å². The van der Waals surface area contributed by atoms with Crippen LogP contribution in [0.3, 0.4) is 0 Å². The molecular formula is C24H26FN7O4. The Morgan fingerprint density at radius 1 is 1.14 bits per heavy atom. The van der Waals surface area contributed by atoms with E-state index in [9.17, 15) is 19.5 Å². The van der Waals surface area contributed by atoms with Gasteiger partial charge in [-0.2, -0.15) is 0 Å². The molecule has 0 bridgehead atoms. The summed E-state index contributed by atoms with van der Waals surface area (Å²) in [5.74, 6) is -2.74. The van der Waals surface area contributed by atoms with Crippen molar-refractivity contribution in [3.05, 3.63) is 81.4 Å². The minimum Gasteiger partial charge on any atom is -0.478 e. The van der Waals surface area contributed by atoms with Crippen LogP contribution in [0.4, 0.5) is 15.8 Å². The number of carbonyl (C=O) groups is 2. The highest BCUT2D eigenvalue weighted by Crippen LogP contribution is 2.26. The zero-order chi connectivity index (χ0) is 26.6. The highest BCUT2D eigenvalue weighted by atomic mass is 19.1. The monoisotopic (exact) mass is 495 g/mol.